The van der Waals surface area contributed by atoms with E-state index < -0.39 is 5.82 Å². The van der Waals surface area contributed by atoms with Gasteiger partial charge in [0.2, 0.25) is 0 Å². The lowest BCUT2D eigenvalue weighted by Gasteiger charge is -2.14. The summed E-state index contributed by atoms with van der Waals surface area (Å²) >= 11 is 0. The standard InChI is InChI=1S/C13H17FN4O/c1-8(2)19-13-6-12(11(15)5-10(13)14)16-7-9-3-4-17-18-9/h3-6,8,16H,7,15H2,1-2H3,(H,17,18). The second kappa shape index (κ2) is 5.60. The van der Waals surface area contributed by atoms with E-state index >= 15 is 0 Å². The molecule has 0 aliphatic rings. The zero-order valence-electron chi connectivity index (χ0n) is 10.9. The van der Waals surface area contributed by atoms with Gasteiger partial charge in [-0.1, -0.05) is 0 Å². The van der Waals surface area contributed by atoms with Crippen molar-refractivity contribution < 1.29 is 9.13 Å². The molecule has 0 bridgehead atoms. The lowest BCUT2D eigenvalue weighted by molar-refractivity contribution is 0.231. The molecule has 0 unspecified atom stereocenters. The summed E-state index contributed by atoms with van der Waals surface area (Å²) in [6.45, 7) is 4.21. The summed E-state index contributed by atoms with van der Waals surface area (Å²) < 4.78 is 19.0. The number of aromatic amines is 1. The molecule has 1 aromatic carbocycles. The fourth-order valence-electron chi connectivity index (χ4n) is 1.64. The first-order valence-corrected chi connectivity index (χ1v) is 6.04. The predicted octanol–water partition coefficient (Wildman–Crippen LogP) is 2.53. The minimum atomic E-state index is -0.460. The Kier molecular flexibility index (Phi) is 3.89. The highest BCUT2D eigenvalue weighted by atomic mass is 19.1. The number of rotatable bonds is 5. The van der Waals surface area contributed by atoms with Crippen LogP contribution < -0.4 is 15.8 Å². The highest BCUT2D eigenvalue weighted by Crippen LogP contribution is 2.29. The summed E-state index contributed by atoms with van der Waals surface area (Å²) in [6, 6.07) is 4.67. The summed E-state index contributed by atoms with van der Waals surface area (Å²) in [7, 11) is 0. The highest BCUT2D eigenvalue weighted by Gasteiger charge is 2.10. The van der Waals surface area contributed by atoms with Crippen molar-refractivity contribution in [2.75, 3.05) is 11.1 Å². The Morgan fingerprint density at radius 1 is 1.47 bits per heavy atom. The molecule has 0 aliphatic carbocycles. The molecule has 0 saturated carbocycles. The molecule has 0 spiro atoms. The van der Waals surface area contributed by atoms with Crippen LogP contribution in [-0.2, 0) is 6.54 Å². The zero-order valence-corrected chi connectivity index (χ0v) is 10.9. The minimum absolute atomic E-state index is 0.0985. The van der Waals surface area contributed by atoms with Crippen molar-refractivity contribution >= 4 is 11.4 Å². The molecule has 4 N–H and O–H groups in total. The van der Waals surface area contributed by atoms with Crippen LogP contribution in [0.4, 0.5) is 15.8 Å². The van der Waals surface area contributed by atoms with E-state index in [9.17, 15) is 4.39 Å². The molecule has 1 aromatic heterocycles. The smallest absolute Gasteiger partial charge is 0.167 e. The van der Waals surface area contributed by atoms with Crippen molar-refractivity contribution in [2.24, 2.45) is 0 Å². The van der Waals surface area contributed by atoms with Crippen LogP contribution in [0.1, 0.15) is 19.5 Å². The number of nitrogens with two attached hydrogens (primary N) is 1. The van der Waals surface area contributed by atoms with Gasteiger partial charge in [0.1, 0.15) is 0 Å². The lowest BCUT2D eigenvalue weighted by Crippen LogP contribution is -2.09. The van der Waals surface area contributed by atoms with Crippen LogP contribution in [0.5, 0.6) is 5.75 Å². The number of hydrogen-bond acceptors (Lipinski definition) is 4. The Labute approximate surface area is 111 Å². The van der Waals surface area contributed by atoms with Crippen molar-refractivity contribution in [3.63, 3.8) is 0 Å². The number of benzene rings is 1. The molecule has 6 heteroatoms. The number of ether oxygens (including phenoxy) is 1. The van der Waals surface area contributed by atoms with E-state index in [1.54, 1.807) is 12.3 Å². The molecule has 0 amide bonds. The molecule has 0 atom stereocenters. The van der Waals surface area contributed by atoms with E-state index in [1.165, 1.54) is 6.07 Å². The van der Waals surface area contributed by atoms with E-state index in [0.717, 1.165) is 5.69 Å². The number of nitrogen functional groups attached to an aromatic ring is 1. The third-order valence-electron chi connectivity index (χ3n) is 2.49. The highest BCUT2D eigenvalue weighted by molar-refractivity contribution is 5.68. The topological polar surface area (TPSA) is 76.0 Å². The van der Waals surface area contributed by atoms with Crippen LogP contribution >= 0.6 is 0 Å². The molecule has 5 nitrogen and oxygen atoms in total. The van der Waals surface area contributed by atoms with Crippen LogP contribution in [0, 0.1) is 5.82 Å². The van der Waals surface area contributed by atoms with Gasteiger partial charge < -0.3 is 15.8 Å². The van der Waals surface area contributed by atoms with Gasteiger partial charge in [0.15, 0.2) is 11.6 Å². The van der Waals surface area contributed by atoms with Gasteiger partial charge in [0.25, 0.3) is 0 Å². The monoisotopic (exact) mass is 264 g/mol. The molecule has 2 aromatic rings. The Hall–Kier alpha value is -2.24. The van der Waals surface area contributed by atoms with Gasteiger partial charge in [0.05, 0.1) is 29.7 Å². The van der Waals surface area contributed by atoms with E-state index in [0.29, 0.717) is 17.9 Å². The number of nitrogens with one attached hydrogen (secondary N) is 2. The number of hydrogen-bond donors (Lipinski definition) is 3. The molecule has 0 aliphatic heterocycles. The first-order valence-electron chi connectivity index (χ1n) is 6.04. The maximum Gasteiger partial charge on any atom is 0.167 e. The SMILES string of the molecule is CC(C)Oc1cc(NCc2ccn[nH]2)c(N)cc1F. The molecular formula is C13H17FN4O. The molecule has 1 heterocycles. The van der Waals surface area contributed by atoms with Gasteiger partial charge in [-0.25, -0.2) is 4.39 Å². The molecule has 0 saturated heterocycles. The van der Waals surface area contributed by atoms with Crippen molar-refractivity contribution in [3.8, 4) is 5.75 Å². The number of H-pyrrole nitrogens is 1. The van der Waals surface area contributed by atoms with Crippen molar-refractivity contribution in [2.45, 2.75) is 26.5 Å². The maximum atomic E-state index is 13.7. The Morgan fingerprint density at radius 2 is 2.26 bits per heavy atom. The summed E-state index contributed by atoms with van der Waals surface area (Å²) in [5, 5.41) is 9.79. The summed E-state index contributed by atoms with van der Waals surface area (Å²) in [5.41, 5.74) is 7.66. The van der Waals surface area contributed by atoms with Crippen LogP contribution in [-0.4, -0.2) is 16.3 Å². The van der Waals surface area contributed by atoms with Crippen LogP contribution in [0.15, 0.2) is 24.4 Å². The Morgan fingerprint density at radius 3 is 2.89 bits per heavy atom. The first kappa shape index (κ1) is 13.2. The Balaban J connectivity index is 2.15. The molecule has 2 rings (SSSR count). The normalized spacial score (nSPS) is 10.7. The fourth-order valence-corrected chi connectivity index (χ4v) is 1.64. The van der Waals surface area contributed by atoms with Crippen molar-refractivity contribution in [3.05, 3.63) is 35.9 Å². The van der Waals surface area contributed by atoms with Crippen LogP contribution in [0.3, 0.4) is 0 Å². The minimum Gasteiger partial charge on any atom is -0.488 e. The second-order valence-electron chi connectivity index (χ2n) is 4.47. The summed E-state index contributed by atoms with van der Waals surface area (Å²) in [4.78, 5) is 0. The number of halogens is 1. The van der Waals surface area contributed by atoms with E-state index in [-0.39, 0.29) is 11.9 Å². The molecule has 0 fully saturated rings. The number of anilines is 2. The first-order chi connectivity index (χ1) is 9.06. The van der Waals surface area contributed by atoms with E-state index in [2.05, 4.69) is 15.5 Å². The van der Waals surface area contributed by atoms with Crippen LogP contribution in [0.2, 0.25) is 0 Å². The van der Waals surface area contributed by atoms with Gasteiger partial charge >= 0.3 is 0 Å². The summed E-state index contributed by atoms with van der Waals surface area (Å²) in [5.74, 6) is -0.269. The largest absolute Gasteiger partial charge is 0.488 e. The van der Waals surface area contributed by atoms with Gasteiger partial charge in [0, 0.05) is 18.3 Å². The average Bonchev–Trinajstić information content (AvgIpc) is 2.83. The van der Waals surface area contributed by atoms with E-state index in [4.69, 9.17) is 10.5 Å². The maximum absolute atomic E-state index is 13.7. The lowest BCUT2D eigenvalue weighted by atomic mass is 10.2. The molecule has 0 radical (unpaired) electrons. The van der Waals surface area contributed by atoms with E-state index in [1.807, 2.05) is 19.9 Å². The predicted molar refractivity (Wildman–Crippen MR) is 72.5 cm³/mol. The van der Waals surface area contributed by atoms with Crippen molar-refractivity contribution in [1.82, 2.24) is 10.2 Å². The zero-order chi connectivity index (χ0) is 13.8. The van der Waals surface area contributed by atoms with Gasteiger partial charge in [-0.3, -0.25) is 5.10 Å². The average molecular weight is 264 g/mol. The molecular weight excluding hydrogens is 247 g/mol. The van der Waals surface area contributed by atoms with Crippen molar-refractivity contribution in [1.29, 1.82) is 0 Å². The number of aromatic nitrogens is 2. The number of nitrogens with zero attached hydrogens (tertiary/aromatic N) is 1. The molecule has 102 valence electrons. The van der Waals surface area contributed by atoms with Gasteiger partial charge in [-0.05, 0) is 19.9 Å². The van der Waals surface area contributed by atoms with Gasteiger partial charge in [-0.2, -0.15) is 5.10 Å². The fraction of sp³-hybridized carbons (Fsp3) is 0.308. The molecule has 19 heavy (non-hydrogen) atoms. The quantitative estimate of drug-likeness (QED) is 0.725. The summed E-state index contributed by atoms with van der Waals surface area (Å²) in [6.07, 6.45) is 1.57. The third kappa shape index (κ3) is 3.37. The second-order valence-corrected chi connectivity index (χ2v) is 4.47. The van der Waals surface area contributed by atoms with Gasteiger partial charge in [-0.15, -0.1) is 0 Å². The third-order valence-corrected chi connectivity index (χ3v) is 2.49. The van der Waals surface area contributed by atoms with Crippen LogP contribution in [0.25, 0.3) is 0 Å². The Bertz CT molecular complexity index is 540.